The smallest absolute Gasteiger partial charge is 0.262 e. The van der Waals surface area contributed by atoms with E-state index in [2.05, 4.69) is 5.32 Å². The van der Waals surface area contributed by atoms with Gasteiger partial charge in [0.25, 0.3) is 11.8 Å². The number of benzene rings is 2. The third kappa shape index (κ3) is 3.87. The van der Waals surface area contributed by atoms with E-state index in [1.165, 1.54) is 0 Å². The molecule has 0 saturated carbocycles. The van der Waals surface area contributed by atoms with Crippen LogP contribution in [0.15, 0.2) is 42.5 Å². The van der Waals surface area contributed by atoms with Gasteiger partial charge in [-0.25, -0.2) is 0 Å². The van der Waals surface area contributed by atoms with E-state index in [4.69, 9.17) is 11.6 Å². The molecule has 0 spiro atoms. The molecule has 1 aliphatic rings. The van der Waals surface area contributed by atoms with Crippen LogP contribution in [0.25, 0.3) is 0 Å². The monoisotopic (exact) mass is 402 g/mol. The lowest BCUT2D eigenvalue weighted by Gasteiger charge is -2.25. The molecule has 3 amide bonds. The Morgan fingerprint density at radius 2 is 1.78 bits per heavy atom. The Labute approximate surface area is 167 Å². The van der Waals surface area contributed by atoms with E-state index in [0.29, 0.717) is 34.0 Å². The number of hydrogen-bond donors (Lipinski definition) is 1. The predicted octanol–water partition coefficient (Wildman–Crippen LogP) is 4.00. The first-order chi connectivity index (χ1) is 12.9. The molecule has 7 heteroatoms. The van der Waals surface area contributed by atoms with Crippen molar-refractivity contribution in [2.24, 2.45) is 0 Å². The highest BCUT2D eigenvalue weighted by molar-refractivity contribution is 7.98. The minimum absolute atomic E-state index is 0.331. The van der Waals surface area contributed by atoms with Gasteiger partial charge in [0.15, 0.2) is 0 Å². The summed E-state index contributed by atoms with van der Waals surface area (Å²) in [5.74, 6) is -0.671. The molecule has 2 aromatic rings. The maximum Gasteiger partial charge on any atom is 0.262 e. The van der Waals surface area contributed by atoms with E-state index in [1.807, 2.05) is 19.2 Å². The van der Waals surface area contributed by atoms with Crippen LogP contribution < -0.4 is 5.32 Å². The summed E-state index contributed by atoms with van der Waals surface area (Å²) in [6.07, 6.45) is 2.27. The van der Waals surface area contributed by atoms with Gasteiger partial charge in [0, 0.05) is 0 Å². The van der Waals surface area contributed by atoms with Crippen molar-refractivity contribution in [3.8, 4) is 0 Å². The van der Waals surface area contributed by atoms with Crippen LogP contribution in [-0.4, -0.2) is 40.7 Å². The maximum absolute atomic E-state index is 13.0. The molecule has 1 atom stereocenters. The standard InChI is InChI=1S/C20H19ClN2O3S/c1-12-7-8-16(15(21)11-12)22-18(24)17(9-10-27-2)23-19(25)13-5-3-4-6-14(13)20(23)26/h3-8,11,17H,9-10H2,1-2H3,(H,22,24)/t17-/m1/s1. The zero-order valence-corrected chi connectivity index (χ0v) is 16.6. The Kier molecular flexibility index (Phi) is 5.87. The summed E-state index contributed by atoms with van der Waals surface area (Å²) < 4.78 is 0. The molecule has 1 heterocycles. The first-order valence-electron chi connectivity index (χ1n) is 8.47. The van der Waals surface area contributed by atoms with Crippen LogP contribution in [0.1, 0.15) is 32.7 Å². The summed E-state index contributed by atoms with van der Waals surface area (Å²) in [5, 5.41) is 3.18. The summed E-state index contributed by atoms with van der Waals surface area (Å²) >= 11 is 7.75. The minimum Gasteiger partial charge on any atom is -0.323 e. The van der Waals surface area contributed by atoms with E-state index in [-0.39, 0.29) is 0 Å². The Bertz CT molecular complexity index is 881. The lowest BCUT2D eigenvalue weighted by Crippen LogP contribution is -2.47. The number of imide groups is 1. The zero-order valence-electron chi connectivity index (χ0n) is 15.0. The minimum atomic E-state index is -0.901. The summed E-state index contributed by atoms with van der Waals surface area (Å²) in [5.41, 5.74) is 2.09. The average molecular weight is 403 g/mol. The van der Waals surface area contributed by atoms with Gasteiger partial charge in [-0.15, -0.1) is 0 Å². The van der Waals surface area contributed by atoms with Crippen molar-refractivity contribution in [1.82, 2.24) is 4.90 Å². The van der Waals surface area contributed by atoms with Crippen LogP contribution in [0.4, 0.5) is 5.69 Å². The van der Waals surface area contributed by atoms with E-state index in [0.717, 1.165) is 10.5 Å². The van der Waals surface area contributed by atoms with E-state index < -0.39 is 23.8 Å². The largest absolute Gasteiger partial charge is 0.323 e. The second kappa shape index (κ2) is 8.15. The van der Waals surface area contributed by atoms with Crippen LogP contribution in [0, 0.1) is 6.92 Å². The third-order valence-corrected chi connectivity index (χ3v) is 5.37. The average Bonchev–Trinajstić information content (AvgIpc) is 2.90. The Balaban J connectivity index is 1.89. The number of fused-ring (bicyclic) bond motifs is 1. The highest BCUT2D eigenvalue weighted by Gasteiger charge is 2.42. The number of aryl methyl sites for hydroxylation is 1. The van der Waals surface area contributed by atoms with Crippen LogP contribution >= 0.6 is 23.4 Å². The molecule has 3 rings (SSSR count). The van der Waals surface area contributed by atoms with Crippen LogP contribution in [-0.2, 0) is 4.79 Å². The Morgan fingerprint density at radius 1 is 1.15 bits per heavy atom. The van der Waals surface area contributed by atoms with Crippen molar-refractivity contribution >= 4 is 46.8 Å². The molecule has 0 aromatic heterocycles. The molecule has 0 saturated heterocycles. The van der Waals surface area contributed by atoms with Gasteiger partial charge in [-0.3, -0.25) is 19.3 Å². The van der Waals surface area contributed by atoms with E-state index in [9.17, 15) is 14.4 Å². The summed E-state index contributed by atoms with van der Waals surface area (Å²) in [6.45, 7) is 1.90. The van der Waals surface area contributed by atoms with Crippen molar-refractivity contribution in [2.45, 2.75) is 19.4 Å². The molecule has 1 N–H and O–H groups in total. The van der Waals surface area contributed by atoms with Gasteiger partial charge < -0.3 is 5.32 Å². The number of carbonyl (C=O) groups is 3. The van der Waals surface area contributed by atoms with Crippen LogP contribution in [0.5, 0.6) is 0 Å². The Morgan fingerprint density at radius 3 is 2.33 bits per heavy atom. The highest BCUT2D eigenvalue weighted by atomic mass is 35.5. The maximum atomic E-state index is 13.0. The van der Waals surface area contributed by atoms with Gasteiger partial charge in [-0.2, -0.15) is 11.8 Å². The normalized spacial score (nSPS) is 14.3. The molecule has 5 nitrogen and oxygen atoms in total. The van der Waals surface area contributed by atoms with Gasteiger partial charge in [0.1, 0.15) is 6.04 Å². The number of halogens is 1. The zero-order chi connectivity index (χ0) is 19.6. The molecule has 0 fully saturated rings. The van der Waals surface area contributed by atoms with Gasteiger partial charge in [-0.05, 0) is 55.2 Å². The van der Waals surface area contributed by atoms with Crippen molar-refractivity contribution in [3.63, 3.8) is 0 Å². The fraction of sp³-hybridized carbons (Fsp3) is 0.250. The quantitative estimate of drug-likeness (QED) is 0.741. The number of thioether (sulfide) groups is 1. The van der Waals surface area contributed by atoms with Gasteiger partial charge in [-0.1, -0.05) is 29.8 Å². The van der Waals surface area contributed by atoms with Crippen molar-refractivity contribution in [3.05, 3.63) is 64.2 Å². The number of anilines is 1. The van der Waals surface area contributed by atoms with Crippen molar-refractivity contribution in [1.29, 1.82) is 0 Å². The van der Waals surface area contributed by atoms with Crippen molar-refractivity contribution in [2.75, 3.05) is 17.3 Å². The van der Waals surface area contributed by atoms with Gasteiger partial charge >= 0.3 is 0 Å². The highest BCUT2D eigenvalue weighted by Crippen LogP contribution is 2.28. The number of carbonyl (C=O) groups excluding carboxylic acids is 3. The summed E-state index contributed by atoms with van der Waals surface area (Å²) in [6, 6.07) is 11.0. The first-order valence-corrected chi connectivity index (χ1v) is 10.2. The number of nitrogens with one attached hydrogen (secondary N) is 1. The third-order valence-electron chi connectivity index (χ3n) is 4.42. The summed E-state index contributed by atoms with van der Waals surface area (Å²) in [7, 11) is 0. The van der Waals surface area contributed by atoms with E-state index in [1.54, 1.807) is 48.2 Å². The molecule has 0 unspecified atom stereocenters. The van der Waals surface area contributed by atoms with Crippen molar-refractivity contribution < 1.29 is 14.4 Å². The lowest BCUT2D eigenvalue weighted by molar-refractivity contribution is -0.120. The number of amides is 3. The molecule has 0 radical (unpaired) electrons. The van der Waals surface area contributed by atoms with Gasteiger partial charge in [0.2, 0.25) is 5.91 Å². The molecule has 2 aromatic carbocycles. The van der Waals surface area contributed by atoms with E-state index >= 15 is 0 Å². The fourth-order valence-corrected chi connectivity index (χ4v) is 3.78. The Hall–Kier alpha value is -2.31. The number of nitrogens with zero attached hydrogens (tertiary/aromatic N) is 1. The topological polar surface area (TPSA) is 66.5 Å². The molecule has 27 heavy (non-hydrogen) atoms. The predicted molar refractivity (Wildman–Crippen MR) is 109 cm³/mol. The number of rotatable bonds is 6. The lowest BCUT2D eigenvalue weighted by atomic mass is 10.1. The fourth-order valence-electron chi connectivity index (χ4n) is 3.04. The van der Waals surface area contributed by atoms with Crippen LogP contribution in [0.2, 0.25) is 5.02 Å². The molecule has 0 bridgehead atoms. The second-order valence-electron chi connectivity index (χ2n) is 6.30. The molecule has 1 aliphatic heterocycles. The molecular formula is C20H19ClN2O3S. The summed E-state index contributed by atoms with van der Waals surface area (Å²) in [4.78, 5) is 39.6. The van der Waals surface area contributed by atoms with Gasteiger partial charge in [0.05, 0.1) is 21.8 Å². The molecule has 0 aliphatic carbocycles. The second-order valence-corrected chi connectivity index (χ2v) is 7.69. The molecule has 140 valence electrons. The first kappa shape index (κ1) is 19.5. The SMILES string of the molecule is CSCC[C@H](C(=O)Nc1ccc(C)cc1Cl)N1C(=O)c2ccccc2C1=O. The van der Waals surface area contributed by atoms with Crippen LogP contribution in [0.3, 0.4) is 0 Å². The number of hydrogen-bond acceptors (Lipinski definition) is 4. The molecular weight excluding hydrogens is 384 g/mol.